The molecule has 6 heteroatoms. The normalized spacial score (nSPS) is 13.0. The standard InChI is InChI=1S/C31H45ClN2O2S/c1-4-25(12-7-6-11-24(3)23-37)18-19-34(5-2)29-22-27(31(33)35)16-17-30(29)36-20-9-8-13-26-14-10-15-28(32)21-26/h6-7,10,14-17,21-22,24-25,37H,4-5,8-9,11-13,18-20,23H2,1-3H3,(H2,33,35)/b7-6+/t24-,25-/m0/s1. The summed E-state index contributed by atoms with van der Waals surface area (Å²) in [6, 6.07) is 13.5. The summed E-state index contributed by atoms with van der Waals surface area (Å²) in [5.41, 5.74) is 8.30. The molecule has 0 saturated carbocycles. The van der Waals surface area contributed by atoms with Crippen molar-refractivity contribution in [3.63, 3.8) is 0 Å². The first-order valence-corrected chi connectivity index (χ1v) is 14.7. The number of carbonyl (C=O) groups is 1. The summed E-state index contributed by atoms with van der Waals surface area (Å²) in [4.78, 5) is 14.2. The molecule has 2 aromatic carbocycles. The van der Waals surface area contributed by atoms with Crippen molar-refractivity contribution in [2.24, 2.45) is 17.6 Å². The van der Waals surface area contributed by atoms with Crippen LogP contribution in [0.1, 0.15) is 75.2 Å². The molecule has 1 amide bonds. The van der Waals surface area contributed by atoms with Gasteiger partial charge in [0, 0.05) is 23.7 Å². The maximum Gasteiger partial charge on any atom is 0.248 e. The molecule has 0 radical (unpaired) electrons. The van der Waals surface area contributed by atoms with Crippen LogP contribution < -0.4 is 15.4 Å². The van der Waals surface area contributed by atoms with Gasteiger partial charge in [-0.1, -0.05) is 56.2 Å². The minimum atomic E-state index is -0.419. The van der Waals surface area contributed by atoms with E-state index in [0.29, 0.717) is 24.0 Å². The molecule has 0 aromatic heterocycles. The Kier molecular flexibility index (Phi) is 14.6. The molecule has 0 bridgehead atoms. The van der Waals surface area contributed by atoms with Crippen molar-refractivity contribution >= 4 is 35.8 Å². The molecule has 0 fully saturated rings. The number of allylic oxidation sites excluding steroid dienone is 2. The molecule has 2 aromatic rings. The van der Waals surface area contributed by atoms with Crippen LogP contribution >= 0.6 is 24.2 Å². The Morgan fingerprint density at radius 1 is 1.14 bits per heavy atom. The average Bonchev–Trinajstić information content (AvgIpc) is 2.90. The summed E-state index contributed by atoms with van der Waals surface area (Å²) in [6.07, 6.45) is 11.9. The van der Waals surface area contributed by atoms with Crippen LogP contribution in [-0.4, -0.2) is 31.4 Å². The Hall–Kier alpha value is -2.11. The topological polar surface area (TPSA) is 55.6 Å². The summed E-state index contributed by atoms with van der Waals surface area (Å²) in [7, 11) is 0. The van der Waals surface area contributed by atoms with Crippen molar-refractivity contribution in [3.05, 3.63) is 70.8 Å². The van der Waals surface area contributed by atoms with E-state index in [1.807, 2.05) is 30.3 Å². The summed E-state index contributed by atoms with van der Waals surface area (Å²) in [5.74, 6) is 2.54. The van der Waals surface area contributed by atoms with Crippen molar-refractivity contribution in [1.82, 2.24) is 0 Å². The third-order valence-corrected chi connectivity index (χ3v) is 7.70. The van der Waals surface area contributed by atoms with Gasteiger partial charge in [0.15, 0.2) is 0 Å². The lowest BCUT2D eigenvalue weighted by Crippen LogP contribution is -2.27. The molecule has 0 unspecified atom stereocenters. The number of rotatable bonds is 18. The first-order chi connectivity index (χ1) is 17.9. The van der Waals surface area contributed by atoms with Crippen LogP contribution in [0.2, 0.25) is 5.02 Å². The molecule has 0 spiro atoms. The quantitative estimate of drug-likeness (QED) is 0.114. The van der Waals surface area contributed by atoms with Crippen LogP contribution in [0.15, 0.2) is 54.6 Å². The van der Waals surface area contributed by atoms with Gasteiger partial charge in [0.25, 0.3) is 0 Å². The molecule has 0 heterocycles. The highest BCUT2D eigenvalue weighted by Crippen LogP contribution is 2.31. The maximum atomic E-state index is 11.9. The number of aryl methyl sites for hydroxylation is 1. The van der Waals surface area contributed by atoms with Gasteiger partial charge < -0.3 is 15.4 Å². The number of thiol groups is 1. The number of nitrogens with zero attached hydrogens (tertiary/aromatic N) is 1. The predicted octanol–water partition coefficient (Wildman–Crippen LogP) is 7.99. The first-order valence-electron chi connectivity index (χ1n) is 13.7. The van der Waals surface area contributed by atoms with Gasteiger partial charge in [0.1, 0.15) is 5.75 Å². The largest absolute Gasteiger partial charge is 0.491 e. The molecule has 204 valence electrons. The van der Waals surface area contributed by atoms with E-state index in [1.54, 1.807) is 6.07 Å². The second-order valence-electron chi connectivity index (χ2n) is 9.86. The van der Waals surface area contributed by atoms with Crippen LogP contribution in [-0.2, 0) is 6.42 Å². The van der Waals surface area contributed by atoms with Crippen molar-refractivity contribution in [2.75, 3.05) is 30.3 Å². The smallest absolute Gasteiger partial charge is 0.248 e. The highest BCUT2D eigenvalue weighted by molar-refractivity contribution is 7.80. The summed E-state index contributed by atoms with van der Waals surface area (Å²) in [6.45, 7) is 8.99. The third kappa shape index (κ3) is 11.4. The van der Waals surface area contributed by atoms with Crippen molar-refractivity contribution in [1.29, 1.82) is 0 Å². The predicted molar refractivity (Wildman–Crippen MR) is 163 cm³/mol. The average molecular weight is 545 g/mol. The Morgan fingerprint density at radius 3 is 2.59 bits per heavy atom. The van der Waals surface area contributed by atoms with Crippen LogP contribution in [0.5, 0.6) is 5.75 Å². The number of nitrogens with two attached hydrogens (primary N) is 1. The molecule has 0 aliphatic heterocycles. The van der Waals surface area contributed by atoms with E-state index in [1.165, 1.54) is 5.56 Å². The Bertz CT molecular complexity index is 981. The van der Waals surface area contributed by atoms with Gasteiger partial charge in [-0.2, -0.15) is 12.6 Å². The second-order valence-corrected chi connectivity index (χ2v) is 10.7. The molecule has 4 nitrogen and oxygen atoms in total. The molecule has 0 saturated heterocycles. The lowest BCUT2D eigenvalue weighted by Gasteiger charge is -2.27. The fraction of sp³-hybridized carbons (Fsp3) is 0.516. The molecule has 2 rings (SSSR count). The van der Waals surface area contributed by atoms with E-state index in [9.17, 15) is 4.79 Å². The van der Waals surface area contributed by atoms with Crippen LogP contribution in [0.4, 0.5) is 5.69 Å². The van der Waals surface area contributed by atoms with Gasteiger partial charge in [-0.3, -0.25) is 4.79 Å². The number of primary amides is 1. The van der Waals surface area contributed by atoms with E-state index in [0.717, 1.165) is 80.2 Å². The number of amides is 1. The minimum absolute atomic E-state index is 0.419. The van der Waals surface area contributed by atoms with Gasteiger partial charge in [-0.05, 0) is 98.9 Å². The number of benzene rings is 2. The first kappa shape index (κ1) is 31.1. The van der Waals surface area contributed by atoms with Crippen molar-refractivity contribution in [2.45, 2.75) is 65.7 Å². The maximum absolute atomic E-state index is 11.9. The number of hydrogen-bond acceptors (Lipinski definition) is 4. The van der Waals surface area contributed by atoms with Crippen molar-refractivity contribution < 1.29 is 9.53 Å². The monoisotopic (exact) mass is 544 g/mol. The van der Waals surface area contributed by atoms with Gasteiger partial charge in [0.2, 0.25) is 5.91 Å². The zero-order chi connectivity index (χ0) is 27.0. The van der Waals surface area contributed by atoms with Crippen molar-refractivity contribution in [3.8, 4) is 5.75 Å². The molecule has 37 heavy (non-hydrogen) atoms. The van der Waals surface area contributed by atoms with Gasteiger partial charge >= 0.3 is 0 Å². The fourth-order valence-corrected chi connectivity index (χ4v) is 4.68. The van der Waals surface area contributed by atoms with E-state index < -0.39 is 5.91 Å². The number of hydrogen-bond donors (Lipinski definition) is 2. The van der Waals surface area contributed by atoms with Gasteiger partial charge in [-0.25, -0.2) is 0 Å². The summed E-state index contributed by atoms with van der Waals surface area (Å²) >= 11 is 10.5. The van der Waals surface area contributed by atoms with E-state index >= 15 is 0 Å². The highest BCUT2D eigenvalue weighted by Gasteiger charge is 2.16. The number of unbranched alkanes of at least 4 members (excludes halogenated alkanes) is 1. The van der Waals surface area contributed by atoms with Gasteiger partial charge in [-0.15, -0.1) is 0 Å². The third-order valence-electron chi connectivity index (χ3n) is 6.84. The van der Waals surface area contributed by atoms with Crippen LogP contribution in [0.25, 0.3) is 0 Å². The molecule has 0 aliphatic rings. The molecular formula is C31H45ClN2O2S. The van der Waals surface area contributed by atoms with E-state index in [4.69, 9.17) is 22.1 Å². The Morgan fingerprint density at radius 2 is 1.92 bits per heavy atom. The molecule has 0 aliphatic carbocycles. The Labute approximate surface area is 235 Å². The lowest BCUT2D eigenvalue weighted by molar-refractivity contribution is 0.1000. The summed E-state index contributed by atoms with van der Waals surface area (Å²) in [5, 5.41) is 0.775. The number of carbonyl (C=O) groups excluding carboxylic acids is 1. The summed E-state index contributed by atoms with van der Waals surface area (Å²) < 4.78 is 6.22. The van der Waals surface area contributed by atoms with Crippen LogP contribution in [0.3, 0.4) is 0 Å². The SMILES string of the molecule is CC[C@@H](C/C=C/C[C@H](C)CS)CCN(CC)c1cc(C(N)=O)ccc1OCCCCc1cccc(Cl)c1. The zero-order valence-corrected chi connectivity index (χ0v) is 24.4. The van der Waals surface area contributed by atoms with Crippen LogP contribution in [0, 0.1) is 11.8 Å². The van der Waals surface area contributed by atoms with Gasteiger partial charge in [0.05, 0.1) is 12.3 Å². The number of ether oxygens (including phenoxy) is 1. The minimum Gasteiger partial charge on any atom is -0.491 e. The zero-order valence-electron chi connectivity index (χ0n) is 22.8. The second kappa shape index (κ2) is 17.4. The molecule has 2 atom stereocenters. The Balaban J connectivity index is 1.98. The number of halogens is 1. The highest BCUT2D eigenvalue weighted by atomic mass is 35.5. The molecule has 2 N–H and O–H groups in total. The number of anilines is 1. The lowest BCUT2D eigenvalue weighted by atomic mass is 9.97. The van der Waals surface area contributed by atoms with E-state index in [2.05, 4.69) is 56.5 Å². The molecular weight excluding hydrogens is 500 g/mol. The van der Waals surface area contributed by atoms with E-state index in [-0.39, 0.29) is 0 Å². The fourth-order valence-electron chi connectivity index (χ4n) is 4.31.